The van der Waals surface area contributed by atoms with Gasteiger partial charge in [0.1, 0.15) is 0 Å². The molecule has 0 fully saturated rings. The molecular formula is C18H20ClF3N6O. The Labute approximate surface area is 169 Å². The van der Waals surface area contributed by atoms with Crippen LogP contribution in [0.2, 0.25) is 5.02 Å². The highest BCUT2D eigenvalue weighted by molar-refractivity contribution is 6.31. The van der Waals surface area contributed by atoms with Crippen LogP contribution in [0.4, 0.5) is 13.2 Å². The van der Waals surface area contributed by atoms with Crippen molar-refractivity contribution in [2.75, 3.05) is 0 Å². The smallest absolute Gasteiger partial charge is 0.332 e. The molecule has 0 spiro atoms. The van der Waals surface area contributed by atoms with Gasteiger partial charge in [0.15, 0.2) is 11.5 Å². The number of aryl methyl sites for hydroxylation is 1. The van der Waals surface area contributed by atoms with Crippen LogP contribution in [0.3, 0.4) is 0 Å². The maximum Gasteiger partial charge on any atom is 0.449 e. The van der Waals surface area contributed by atoms with Crippen molar-refractivity contribution in [1.82, 2.24) is 29.4 Å². The number of nitrogens with one attached hydrogen (secondary N) is 1. The minimum Gasteiger partial charge on any atom is -0.332 e. The largest absolute Gasteiger partial charge is 0.449 e. The topological polar surface area (TPSA) is 79.7 Å². The van der Waals surface area contributed by atoms with Crippen LogP contribution in [0.5, 0.6) is 0 Å². The normalized spacial score (nSPS) is 16.4. The average Bonchev–Trinajstić information content (AvgIpc) is 3.29. The van der Waals surface area contributed by atoms with Crippen molar-refractivity contribution in [2.24, 2.45) is 0 Å². The monoisotopic (exact) mass is 428 g/mol. The Morgan fingerprint density at radius 3 is 2.62 bits per heavy atom. The molecule has 1 aliphatic rings. The van der Waals surface area contributed by atoms with Gasteiger partial charge >= 0.3 is 6.18 Å². The summed E-state index contributed by atoms with van der Waals surface area (Å²) >= 11 is 6.04. The molecule has 1 amide bonds. The molecule has 1 N–H and O–H groups in total. The minimum absolute atomic E-state index is 0.000743. The van der Waals surface area contributed by atoms with Crippen LogP contribution in [0.15, 0.2) is 12.4 Å². The first-order chi connectivity index (χ1) is 13.7. The second-order valence-corrected chi connectivity index (χ2v) is 6.89. The summed E-state index contributed by atoms with van der Waals surface area (Å²) in [6, 6.07) is -0.467. The zero-order valence-corrected chi connectivity index (χ0v) is 17.1. The van der Waals surface area contributed by atoms with Crippen LogP contribution >= 0.6 is 11.6 Å². The Kier molecular flexibility index (Phi) is 5.57. The quantitative estimate of drug-likeness (QED) is 0.629. The number of hydrogen-bond donors (Lipinski definition) is 1. The van der Waals surface area contributed by atoms with Crippen LogP contribution in [0.1, 0.15) is 48.5 Å². The molecule has 1 aliphatic heterocycles. The van der Waals surface area contributed by atoms with Gasteiger partial charge in [0, 0.05) is 18.8 Å². The summed E-state index contributed by atoms with van der Waals surface area (Å²) in [5.74, 6) is -1.30. The van der Waals surface area contributed by atoms with E-state index in [1.807, 2.05) is 13.8 Å². The SMILES string of the molecule is CC.Cc1c(Cl)cnc2nc(C(=O)N3Cc4cnc(C(F)(F)F)n4CC3C)[nH]c12. The fraction of sp³-hybridized carbons (Fsp3) is 0.444. The van der Waals surface area contributed by atoms with E-state index in [0.29, 0.717) is 27.4 Å². The van der Waals surface area contributed by atoms with Crippen molar-refractivity contribution in [3.05, 3.63) is 40.3 Å². The van der Waals surface area contributed by atoms with Crippen LogP contribution in [0, 0.1) is 6.92 Å². The van der Waals surface area contributed by atoms with E-state index in [4.69, 9.17) is 11.6 Å². The third-order valence-corrected chi connectivity index (χ3v) is 5.07. The number of aromatic nitrogens is 5. The summed E-state index contributed by atoms with van der Waals surface area (Å²) in [5, 5.41) is 0.445. The standard InChI is InChI=1S/C16H14ClF3N6O.C2H6/c1-7-5-26-9(3-22-15(26)16(18,19)20)6-25(7)14(27)13-23-11-8(2)10(17)4-21-12(11)24-13;1-2/h3-4,7H,5-6H2,1-2H3,(H,21,23,24);1-2H3. The molecule has 11 heteroatoms. The average molecular weight is 429 g/mol. The van der Waals surface area contributed by atoms with Crippen molar-refractivity contribution in [3.8, 4) is 0 Å². The zero-order chi connectivity index (χ0) is 21.5. The Morgan fingerprint density at radius 2 is 1.97 bits per heavy atom. The highest BCUT2D eigenvalue weighted by Gasteiger charge is 2.40. The minimum atomic E-state index is -4.54. The molecule has 7 nitrogen and oxygen atoms in total. The summed E-state index contributed by atoms with van der Waals surface area (Å²) < 4.78 is 40.3. The number of carbonyl (C=O) groups is 1. The van der Waals surface area contributed by atoms with Crippen LogP contribution in [-0.2, 0) is 19.3 Å². The van der Waals surface area contributed by atoms with Crippen LogP contribution in [-0.4, -0.2) is 41.4 Å². The number of carbonyl (C=O) groups excluding carboxylic acids is 1. The Bertz CT molecular complexity index is 1060. The predicted octanol–water partition coefficient (Wildman–Crippen LogP) is 4.21. The summed E-state index contributed by atoms with van der Waals surface area (Å²) in [4.78, 5) is 29.1. The van der Waals surface area contributed by atoms with Gasteiger partial charge in [-0.05, 0) is 19.4 Å². The lowest BCUT2D eigenvalue weighted by Crippen LogP contribution is -2.45. The van der Waals surface area contributed by atoms with Gasteiger partial charge in [-0.25, -0.2) is 15.0 Å². The number of fused-ring (bicyclic) bond motifs is 2. The molecule has 4 heterocycles. The lowest BCUT2D eigenvalue weighted by Gasteiger charge is -2.34. The van der Waals surface area contributed by atoms with E-state index in [9.17, 15) is 18.0 Å². The lowest BCUT2D eigenvalue weighted by molar-refractivity contribution is -0.148. The summed E-state index contributed by atoms with van der Waals surface area (Å²) in [7, 11) is 0. The molecule has 0 aromatic carbocycles. The Morgan fingerprint density at radius 1 is 1.28 bits per heavy atom. The second kappa shape index (κ2) is 7.66. The Balaban J connectivity index is 0.00000117. The van der Waals surface area contributed by atoms with Gasteiger partial charge < -0.3 is 14.5 Å². The van der Waals surface area contributed by atoms with Gasteiger partial charge in [-0.1, -0.05) is 25.4 Å². The molecule has 156 valence electrons. The molecule has 1 unspecified atom stereocenters. The van der Waals surface area contributed by atoms with E-state index in [1.54, 1.807) is 13.8 Å². The van der Waals surface area contributed by atoms with Crippen molar-refractivity contribution in [3.63, 3.8) is 0 Å². The first kappa shape index (κ1) is 21.1. The summed E-state index contributed by atoms with van der Waals surface area (Å²) in [5.41, 5.74) is 1.95. The van der Waals surface area contributed by atoms with E-state index in [1.165, 1.54) is 11.1 Å². The fourth-order valence-electron chi connectivity index (χ4n) is 3.22. The lowest BCUT2D eigenvalue weighted by atomic mass is 10.2. The first-order valence-electron chi connectivity index (χ1n) is 9.10. The van der Waals surface area contributed by atoms with Gasteiger partial charge in [0.05, 0.1) is 29.0 Å². The van der Waals surface area contributed by atoms with Gasteiger partial charge in [0.25, 0.3) is 5.91 Å². The number of alkyl halides is 3. The van der Waals surface area contributed by atoms with E-state index >= 15 is 0 Å². The maximum atomic E-state index is 13.0. The number of pyridine rings is 1. The molecule has 4 rings (SSSR count). The van der Waals surface area contributed by atoms with Crippen molar-refractivity contribution in [2.45, 2.75) is 53.0 Å². The van der Waals surface area contributed by atoms with Crippen molar-refractivity contribution >= 4 is 28.7 Å². The fourth-order valence-corrected chi connectivity index (χ4v) is 3.37. The van der Waals surface area contributed by atoms with E-state index in [0.717, 1.165) is 10.8 Å². The number of hydrogen-bond acceptors (Lipinski definition) is 4. The molecule has 1 atom stereocenters. The molecule has 29 heavy (non-hydrogen) atoms. The van der Waals surface area contributed by atoms with Gasteiger partial charge in [-0.15, -0.1) is 0 Å². The number of amides is 1. The Hall–Kier alpha value is -2.62. The van der Waals surface area contributed by atoms with E-state index in [-0.39, 0.29) is 18.9 Å². The highest BCUT2D eigenvalue weighted by Crippen LogP contribution is 2.32. The molecule has 0 saturated carbocycles. The number of H-pyrrole nitrogens is 1. The van der Waals surface area contributed by atoms with E-state index < -0.39 is 23.9 Å². The number of rotatable bonds is 1. The molecular weight excluding hydrogens is 409 g/mol. The summed E-state index contributed by atoms with van der Waals surface area (Å²) in [6.45, 7) is 7.47. The molecule has 0 radical (unpaired) electrons. The van der Waals surface area contributed by atoms with Gasteiger partial charge in [0.2, 0.25) is 5.82 Å². The highest BCUT2D eigenvalue weighted by atomic mass is 35.5. The maximum absolute atomic E-state index is 13.0. The van der Waals surface area contributed by atoms with Crippen molar-refractivity contribution < 1.29 is 18.0 Å². The zero-order valence-electron chi connectivity index (χ0n) is 16.3. The third kappa shape index (κ3) is 3.68. The third-order valence-electron chi connectivity index (χ3n) is 4.68. The van der Waals surface area contributed by atoms with Gasteiger partial charge in [-0.3, -0.25) is 4.79 Å². The molecule has 0 bridgehead atoms. The van der Waals surface area contributed by atoms with E-state index in [2.05, 4.69) is 19.9 Å². The number of nitrogens with zero attached hydrogens (tertiary/aromatic N) is 5. The summed E-state index contributed by atoms with van der Waals surface area (Å²) in [6.07, 6.45) is -1.93. The number of halogens is 4. The van der Waals surface area contributed by atoms with Crippen molar-refractivity contribution in [1.29, 1.82) is 0 Å². The van der Waals surface area contributed by atoms with Crippen LogP contribution in [0.25, 0.3) is 11.2 Å². The second-order valence-electron chi connectivity index (χ2n) is 6.48. The first-order valence-corrected chi connectivity index (χ1v) is 9.48. The molecule has 0 saturated heterocycles. The van der Waals surface area contributed by atoms with Crippen LogP contribution < -0.4 is 0 Å². The number of imidazole rings is 2. The van der Waals surface area contributed by atoms with Gasteiger partial charge in [-0.2, -0.15) is 13.2 Å². The number of aromatic amines is 1. The predicted molar refractivity (Wildman–Crippen MR) is 102 cm³/mol. The molecule has 3 aromatic rings. The molecule has 0 aliphatic carbocycles. The molecule has 3 aromatic heterocycles.